The maximum atomic E-state index is 12.8. The van der Waals surface area contributed by atoms with Crippen LogP contribution < -0.4 is 14.8 Å². The summed E-state index contributed by atoms with van der Waals surface area (Å²) < 4.78 is 11.1. The molecule has 1 saturated heterocycles. The number of carbonyl (C=O) groups excluding carboxylic acids is 1. The van der Waals surface area contributed by atoms with Crippen molar-refractivity contribution in [2.24, 2.45) is 0 Å². The van der Waals surface area contributed by atoms with Crippen LogP contribution in [0.15, 0.2) is 53.9 Å². The van der Waals surface area contributed by atoms with E-state index in [-0.39, 0.29) is 18.4 Å². The van der Waals surface area contributed by atoms with Crippen molar-refractivity contribution in [1.82, 2.24) is 15.2 Å². The van der Waals surface area contributed by atoms with Gasteiger partial charge in [0.05, 0.1) is 37.4 Å². The second-order valence-corrected chi connectivity index (χ2v) is 8.95. The van der Waals surface area contributed by atoms with Crippen LogP contribution >= 0.6 is 11.3 Å². The van der Waals surface area contributed by atoms with E-state index in [0.29, 0.717) is 13.2 Å². The zero-order chi connectivity index (χ0) is 23.0. The van der Waals surface area contributed by atoms with E-state index in [1.54, 1.807) is 7.11 Å². The number of carbonyl (C=O) groups is 1. The molecule has 33 heavy (non-hydrogen) atoms. The third kappa shape index (κ3) is 5.92. The first-order valence-electron chi connectivity index (χ1n) is 11.5. The van der Waals surface area contributed by atoms with Crippen LogP contribution in [0.1, 0.15) is 37.1 Å². The summed E-state index contributed by atoms with van der Waals surface area (Å²) in [6.07, 6.45) is 2.65. The first-order valence-corrected chi connectivity index (χ1v) is 12.4. The van der Waals surface area contributed by atoms with Crippen LogP contribution in [0.3, 0.4) is 0 Å². The van der Waals surface area contributed by atoms with E-state index >= 15 is 0 Å². The Hall–Kier alpha value is -2.90. The maximum Gasteiger partial charge on any atom is 0.226 e. The Morgan fingerprint density at radius 3 is 2.79 bits per heavy atom. The van der Waals surface area contributed by atoms with Gasteiger partial charge in [-0.05, 0) is 62.7 Å². The molecule has 3 aromatic rings. The van der Waals surface area contributed by atoms with Gasteiger partial charge in [0.15, 0.2) is 0 Å². The number of para-hydroxylation sites is 1. The van der Waals surface area contributed by atoms with Gasteiger partial charge in [0, 0.05) is 11.9 Å². The van der Waals surface area contributed by atoms with Gasteiger partial charge in [-0.1, -0.05) is 24.3 Å². The molecule has 2 heterocycles. The lowest BCUT2D eigenvalue weighted by molar-refractivity contribution is -0.120. The molecule has 1 amide bonds. The van der Waals surface area contributed by atoms with E-state index < -0.39 is 0 Å². The van der Waals surface area contributed by atoms with Gasteiger partial charge in [-0.15, -0.1) is 11.3 Å². The van der Waals surface area contributed by atoms with Crippen molar-refractivity contribution < 1.29 is 14.3 Å². The van der Waals surface area contributed by atoms with Gasteiger partial charge < -0.3 is 14.8 Å². The summed E-state index contributed by atoms with van der Waals surface area (Å²) >= 11 is 1.54. The Morgan fingerprint density at radius 2 is 2.00 bits per heavy atom. The van der Waals surface area contributed by atoms with Gasteiger partial charge in [-0.2, -0.15) is 0 Å². The Labute approximate surface area is 199 Å². The lowest BCUT2D eigenvalue weighted by atomic mass is 10.0. The molecule has 6 nitrogen and oxygen atoms in total. The molecule has 1 unspecified atom stereocenters. The molecular formula is C26H31N3O3S. The summed E-state index contributed by atoms with van der Waals surface area (Å²) in [6, 6.07) is 16.2. The van der Waals surface area contributed by atoms with Crippen LogP contribution in [0, 0.1) is 0 Å². The number of hydrogen-bond acceptors (Lipinski definition) is 6. The molecule has 1 aliphatic heterocycles. The lowest BCUT2D eigenvalue weighted by Crippen LogP contribution is -2.37. The Balaban J connectivity index is 1.41. The normalized spacial score (nSPS) is 14.7. The number of nitrogens with one attached hydrogen (secondary N) is 1. The molecule has 7 heteroatoms. The summed E-state index contributed by atoms with van der Waals surface area (Å²) in [7, 11) is 1.68. The molecule has 4 rings (SSSR count). The lowest BCUT2D eigenvalue weighted by Gasteiger charge is -2.28. The molecular weight excluding hydrogens is 434 g/mol. The molecule has 0 spiro atoms. The topological polar surface area (TPSA) is 63.7 Å². The van der Waals surface area contributed by atoms with Crippen molar-refractivity contribution in [2.45, 2.75) is 32.2 Å². The highest BCUT2D eigenvalue weighted by atomic mass is 32.1. The fraction of sp³-hybridized carbons (Fsp3) is 0.385. The van der Waals surface area contributed by atoms with Crippen LogP contribution in [0.2, 0.25) is 0 Å². The highest BCUT2D eigenvalue weighted by molar-refractivity contribution is 7.13. The Bertz CT molecular complexity index is 1060. The third-order valence-electron chi connectivity index (χ3n) is 5.86. The van der Waals surface area contributed by atoms with Gasteiger partial charge in [0.1, 0.15) is 16.5 Å². The highest BCUT2D eigenvalue weighted by Gasteiger charge is 2.24. The standard InChI is InChI=1S/C26H31N3O3S/c1-3-32-24-12-5-4-11-22(24)26-28-20(18-33-26)16-25(30)27-17-23(29-13-6-7-14-29)19-9-8-10-21(15-19)31-2/h4-5,8-12,15,18,23H,3,6-7,13-14,16-17H2,1-2H3,(H,27,30). The molecule has 0 radical (unpaired) electrons. The molecule has 1 atom stereocenters. The zero-order valence-electron chi connectivity index (χ0n) is 19.3. The molecule has 174 valence electrons. The first-order chi connectivity index (χ1) is 16.2. The van der Waals surface area contributed by atoms with Crippen molar-refractivity contribution in [2.75, 3.05) is 33.4 Å². The van der Waals surface area contributed by atoms with Crippen LogP contribution in [0.25, 0.3) is 10.6 Å². The zero-order valence-corrected chi connectivity index (χ0v) is 20.1. The second kappa shape index (κ2) is 11.3. The number of aromatic nitrogens is 1. The van der Waals surface area contributed by atoms with E-state index in [9.17, 15) is 4.79 Å². The van der Waals surface area contributed by atoms with Gasteiger partial charge in [0.25, 0.3) is 0 Å². The van der Waals surface area contributed by atoms with Crippen molar-refractivity contribution in [3.05, 3.63) is 65.2 Å². The molecule has 2 aromatic carbocycles. The second-order valence-electron chi connectivity index (χ2n) is 8.09. The Kier molecular flexibility index (Phi) is 7.96. The molecule has 1 aliphatic rings. The van der Waals surface area contributed by atoms with Gasteiger partial charge in [-0.25, -0.2) is 4.98 Å². The fourth-order valence-corrected chi connectivity index (χ4v) is 5.08. The SMILES string of the molecule is CCOc1ccccc1-c1nc(CC(=O)NCC(c2cccc(OC)c2)N2CCCC2)cs1. The predicted molar refractivity (Wildman–Crippen MR) is 132 cm³/mol. The third-order valence-corrected chi connectivity index (χ3v) is 6.79. The minimum absolute atomic E-state index is 0.0166. The summed E-state index contributed by atoms with van der Waals surface area (Å²) in [5.41, 5.74) is 2.90. The van der Waals surface area contributed by atoms with Crippen LogP contribution in [0.5, 0.6) is 11.5 Å². The Morgan fingerprint density at radius 1 is 1.18 bits per heavy atom. The van der Waals surface area contributed by atoms with Gasteiger partial charge >= 0.3 is 0 Å². The smallest absolute Gasteiger partial charge is 0.226 e. The summed E-state index contributed by atoms with van der Waals surface area (Å²) in [5, 5.41) is 5.97. The number of benzene rings is 2. The van der Waals surface area contributed by atoms with E-state index in [1.807, 2.05) is 48.7 Å². The molecule has 0 saturated carbocycles. The molecule has 0 aliphatic carbocycles. The average molecular weight is 466 g/mol. The average Bonchev–Trinajstić information content (AvgIpc) is 3.53. The van der Waals surface area contributed by atoms with E-state index in [0.717, 1.165) is 40.9 Å². The minimum atomic E-state index is -0.0166. The quantitative estimate of drug-likeness (QED) is 0.470. The van der Waals surface area contributed by atoms with Crippen LogP contribution in [-0.2, 0) is 11.2 Å². The maximum absolute atomic E-state index is 12.8. The summed E-state index contributed by atoms with van der Waals surface area (Å²) in [6.45, 7) is 5.23. The van der Waals surface area contributed by atoms with E-state index in [4.69, 9.17) is 14.5 Å². The van der Waals surface area contributed by atoms with E-state index in [1.165, 1.54) is 29.7 Å². The summed E-state index contributed by atoms with van der Waals surface area (Å²) in [4.78, 5) is 19.9. The number of amides is 1. The number of nitrogens with zero attached hydrogens (tertiary/aromatic N) is 2. The van der Waals surface area contributed by atoms with Crippen molar-refractivity contribution in [1.29, 1.82) is 0 Å². The minimum Gasteiger partial charge on any atom is -0.497 e. The monoisotopic (exact) mass is 465 g/mol. The van der Waals surface area contributed by atoms with Crippen LogP contribution in [-0.4, -0.2) is 49.1 Å². The first kappa shape index (κ1) is 23.3. The van der Waals surface area contributed by atoms with Crippen LogP contribution in [0.4, 0.5) is 0 Å². The largest absolute Gasteiger partial charge is 0.497 e. The van der Waals surface area contributed by atoms with Crippen molar-refractivity contribution >= 4 is 17.2 Å². The van der Waals surface area contributed by atoms with E-state index in [2.05, 4.69) is 22.3 Å². The number of thiazole rings is 1. The number of likely N-dealkylation sites (tertiary alicyclic amines) is 1. The molecule has 1 N–H and O–H groups in total. The highest BCUT2D eigenvalue weighted by Crippen LogP contribution is 2.32. The number of rotatable bonds is 10. The number of ether oxygens (including phenoxy) is 2. The predicted octanol–water partition coefficient (Wildman–Crippen LogP) is 4.71. The number of hydrogen-bond donors (Lipinski definition) is 1. The molecule has 1 fully saturated rings. The molecule has 0 bridgehead atoms. The van der Waals surface area contributed by atoms with Crippen molar-refractivity contribution in [3.8, 4) is 22.1 Å². The van der Waals surface area contributed by atoms with Gasteiger partial charge in [0.2, 0.25) is 5.91 Å². The number of methoxy groups -OCH3 is 1. The van der Waals surface area contributed by atoms with Crippen molar-refractivity contribution in [3.63, 3.8) is 0 Å². The fourth-order valence-electron chi connectivity index (χ4n) is 4.23. The summed E-state index contributed by atoms with van der Waals surface area (Å²) in [5.74, 6) is 1.64. The molecule has 1 aromatic heterocycles. The van der Waals surface area contributed by atoms with Gasteiger partial charge in [-0.3, -0.25) is 9.69 Å².